The summed E-state index contributed by atoms with van der Waals surface area (Å²) in [5, 5.41) is 0. The Labute approximate surface area is 86.9 Å². The van der Waals surface area contributed by atoms with Crippen molar-refractivity contribution in [2.75, 3.05) is 0 Å². The Morgan fingerprint density at radius 2 is 2.36 bits per heavy atom. The lowest BCUT2D eigenvalue weighted by Gasteiger charge is -2.17. The average molecular weight is 192 g/mol. The molecule has 0 amide bonds. The van der Waals surface area contributed by atoms with Crippen molar-refractivity contribution in [2.24, 2.45) is 5.92 Å². The van der Waals surface area contributed by atoms with Crippen molar-refractivity contribution in [1.82, 2.24) is 0 Å². The lowest BCUT2D eigenvalue weighted by atomic mass is 9.88. The lowest BCUT2D eigenvalue weighted by Crippen LogP contribution is -2.07. The molecule has 0 aromatic rings. The highest BCUT2D eigenvalue weighted by molar-refractivity contribution is 5.54. The number of carbonyl (C=O) groups excluding carboxylic acids is 1. The van der Waals surface area contributed by atoms with E-state index in [1.54, 1.807) is 0 Å². The van der Waals surface area contributed by atoms with E-state index in [0.29, 0.717) is 5.92 Å². The van der Waals surface area contributed by atoms with Crippen LogP contribution in [-0.4, -0.2) is 6.29 Å². The largest absolute Gasteiger partial charge is 0.303 e. The second-order valence-corrected chi connectivity index (χ2v) is 4.36. The van der Waals surface area contributed by atoms with Crippen LogP contribution in [0.15, 0.2) is 23.3 Å². The highest BCUT2D eigenvalue weighted by Gasteiger charge is 2.13. The summed E-state index contributed by atoms with van der Waals surface area (Å²) in [6.45, 7) is 4.26. The van der Waals surface area contributed by atoms with Gasteiger partial charge in [-0.1, -0.05) is 23.3 Å². The van der Waals surface area contributed by atoms with Crippen LogP contribution >= 0.6 is 0 Å². The molecule has 0 N–H and O–H groups in total. The average Bonchev–Trinajstić information content (AvgIpc) is 2.18. The van der Waals surface area contributed by atoms with Crippen LogP contribution in [0.3, 0.4) is 0 Å². The van der Waals surface area contributed by atoms with Gasteiger partial charge in [0.15, 0.2) is 0 Å². The van der Waals surface area contributed by atoms with Crippen molar-refractivity contribution in [3.63, 3.8) is 0 Å². The fourth-order valence-electron chi connectivity index (χ4n) is 1.89. The number of aldehydes is 1. The molecule has 0 saturated carbocycles. The van der Waals surface area contributed by atoms with Crippen molar-refractivity contribution >= 4 is 6.29 Å². The number of allylic oxidation sites excluding steroid dienone is 4. The summed E-state index contributed by atoms with van der Waals surface area (Å²) in [6.07, 6.45) is 11.1. The van der Waals surface area contributed by atoms with Gasteiger partial charge in [0.05, 0.1) is 0 Å². The molecule has 0 aromatic heterocycles. The molecule has 0 spiro atoms. The van der Waals surface area contributed by atoms with E-state index >= 15 is 0 Å². The quantitative estimate of drug-likeness (QED) is 0.491. The van der Waals surface area contributed by atoms with Gasteiger partial charge in [-0.15, -0.1) is 0 Å². The Morgan fingerprint density at radius 1 is 1.57 bits per heavy atom. The summed E-state index contributed by atoms with van der Waals surface area (Å²) in [6, 6.07) is 0. The van der Waals surface area contributed by atoms with E-state index in [4.69, 9.17) is 0 Å². The van der Waals surface area contributed by atoms with E-state index in [2.05, 4.69) is 26.0 Å². The first kappa shape index (κ1) is 11.2. The monoisotopic (exact) mass is 192 g/mol. The molecule has 1 nitrogen and oxygen atoms in total. The van der Waals surface area contributed by atoms with Gasteiger partial charge in [-0.25, -0.2) is 0 Å². The molecular weight excluding hydrogens is 172 g/mol. The Balaban J connectivity index is 2.34. The molecule has 1 aliphatic carbocycles. The van der Waals surface area contributed by atoms with Gasteiger partial charge in [0.2, 0.25) is 0 Å². The first-order chi connectivity index (χ1) is 6.72. The van der Waals surface area contributed by atoms with Crippen LogP contribution in [0.4, 0.5) is 0 Å². The molecule has 1 atom stereocenters. The molecule has 0 fully saturated rings. The minimum absolute atomic E-state index is 0.293. The van der Waals surface area contributed by atoms with Crippen molar-refractivity contribution in [3.05, 3.63) is 23.3 Å². The lowest BCUT2D eigenvalue weighted by molar-refractivity contribution is -0.111. The van der Waals surface area contributed by atoms with E-state index in [9.17, 15) is 4.79 Å². The molecule has 78 valence electrons. The third kappa shape index (κ3) is 3.91. The maximum atomic E-state index is 10.6. The minimum atomic E-state index is 0.293. The molecule has 0 radical (unpaired) electrons. The first-order valence-electron chi connectivity index (χ1n) is 5.49. The molecular formula is C13H20O. The topological polar surface area (TPSA) is 17.1 Å². The zero-order valence-corrected chi connectivity index (χ0v) is 9.25. The maximum absolute atomic E-state index is 10.6. The van der Waals surface area contributed by atoms with E-state index < -0.39 is 0 Å². The third-order valence-corrected chi connectivity index (χ3v) is 2.71. The molecule has 0 saturated heterocycles. The van der Waals surface area contributed by atoms with Crippen LogP contribution in [0.1, 0.15) is 46.0 Å². The van der Waals surface area contributed by atoms with E-state index in [-0.39, 0.29) is 0 Å². The van der Waals surface area contributed by atoms with Gasteiger partial charge >= 0.3 is 0 Å². The fraction of sp³-hybridized carbons (Fsp3) is 0.615. The van der Waals surface area contributed by atoms with Crippen LogP contribution in [0.5, 0.6) is 0 Å². The standard InChI is InChI=1S/C13H20O/c1-11(2)5-3-6-12-7-4-8-13(9-12)10-14/h5,7,10,13H,3-4,6,8-9H2,1-2H3/t13-/m1/s1. The summed E-state index contributed by atoms with van der Waals surface area (Å²) in [7, 11) is 0. The SMILES string of the molecule is CC(C)=CCCC1=CCC[C@@H](C=O)C1. The highest BCUT2D eigenvalue weighted by atomic mass is 16.1. The molecule has 0 aliphatic heterocycles. The van der Waals surface area contributed by atoms with Crippen LogP contribution in [-0.2, 0) is 4.79 Å². The van der Waals surface area contributed by atoms with E-state index in [1.165, 1.54) is 11.1 Å². The van der Waals surface area contributed by atoms with Gasteiger partial charge in [-0.05, 0) is 46.0 Å². The van der Waals surface area contributed by atoms with Crippen LogP contribution in [0.25, 0.3) is 0 Å². The van der Waals surface area contributed by atoms with Gasteiger partial charge in [-0.3, -0.25) is 0 Å². The molecule has 0 bridgehead atoms. The Kier molecular flexibility index (Phi) is 4.64. The fourth-order valence-corrected chi connectivity index (χ4v) is 1.89. The summed E-state index contributed by atoms with van der Waals surface area (Å²) in [4.78, 5) is 10.6. The summed E-state index contributed by atoms with van der Waals surface area (Å²) in [5.74, 6) is 0.293. The van der Waals surface area contributed by atoms with Crippen molar-refractivity contribution < 1.29 is 4.79 Å². The molecule has 0 heterocycles. The van der Waals surface area contributed by atoms with Gasteiger partial charge in [0, 0.05) is 5.92 Å². The summed E-state index contributed by atoms with van der Waals surface area (Å²) >= 11 is 0. The number of hydrogen-bond donors (Lipinski definition) is 0. The molecule has 1 rings (SSSR count). The third-order valence-electron chi connectivity index (χ3n) is 2.71. The second-order valence-electron chi connectivity index (χ2n) is 4.36. The predicted molar refractivity (Wildman–Crippen MR) is 60.2 cm³/mol. The zero-order valence-electron chi connectivity index (χ0n) is 9.25. The Morgan fingerprint density at radius 3 is 3.00 bits per heavy atom. The minimum Gasteiger partial charge on any atom is -0.303 e. The van der Waals surface area contributed by atoms with Crippen LogP contribution < -0.4 is 0 Å². The van der Waals surface area contributed by atoms with Crippen molar-refractivity contribution in [3.8, 4) is 0 Å². The Hall–Kier alpha value is -0.850. The molecule has 0 unspecified atom stereocenters. The molecule has 1 heteroatoms. The normalized spacial score (nSPS) is 21.3. The van der Waals surface area contributed by atoms with E-state index in [0.717, 1.165) is 38.4 Å². The number of rotatable bonds is 4. The summed E-state index contributed by atoms with van der Waals surface area (Å²) < 4.78 is 0. The molecule has 1 aliphatic rings. The summed E-state index contributed by atoms with van der Waals surface area (Å²) in [5.41, 5.74) is 2.86. The van der Waals surface area contributed by atoms with Gasteiger partial charge in [-0.2, -0.15) is 0 Å². The maximum Gasteiger partial charge on any atom is 0.123 e. The van der Waals surface area contributed by atoms with Crippen molar-refractivity contribution in [2.45, 2.75) is 46.0 Å². The first-order valence-corrected chi connectivity index (χ1v) is 5.49. The number of hydrogen-bond acceptors (Lipinski definition) is 1. The van der Waals surface area contributed by atoms with Crippen molar-refractivity contribution in [1.29, 1.82) is 0 Å². The van der Waals surface area contributed by atoms with E-state index in [1.807, 2.05) is 0 Å². The zero-order chi connectivity index (χ0) is 10.4. The van der Waals surface area contributed by atoms with Gasteiger partial charge in [0.25, 0.3) is 0 Å². The van der Waals surface area contributed by atoms with Gasteiger partial charge < -0.3 is 4.79 Å². The number of carbonyl (C=O) groups is 1. The Bertz CT molecular complexity index is 244. The highest BCUT2D eigenvalue weighted by Crippen LogP contribution is 2.25. The smallest absolute Gasteiger partial charge is 0.123 e. The predicted octanol–water partition coefficient (Wildman–Crippen LogP) is 3.66. The van der Waals surface area contributed by atoms with Gasteiger partial charge in [0.1, 0.15) is 6.29 Å². The van der Waals surface area contributed by atoms with Crippen LogP contribution in [0.2, 0.25) is 0 Å². The second kappa shape index (κ2) is 5.79. The van der Waals surface area contributed by atoms with Crippen LogP contribution in [0, 0.1) is 5.92 Å². The molecule has 0 aromatic carbocycles. The molecule has 14 heavy (non-hydrogen) atoms.